The van der Waals surface area contributed by atoms with Crippen LogP contribution in [-0.4, -0.2) is 28.0 Å². The van der Waals surface area contributed by atoms with Gasteiger partial charge < -0.3 is 15.8 Å². The van der Waals surface area contributed by atoms with E-state index in [9.17, 15) is 4.79 Å². The minimum atomic E-state index is -0.384. The van der Waals surface area contributed by atoms with Crippen LogP contribution in [0, 0.1) is 6.92 Å². The molecule has 1 aromatic heterocycles. The van der Waals surface area contributed by atoms with Crippen LogP contribution in [-0.2, 0) is 4.74 Å². The number of hydrogen-bond acceptors (Lipinski definition) is 7. The standard InChI is InChI=1S/C14H17N5O2/c1-8(16-14-18-9(2)17-13(15)19-14)10-6-4-5-7-11(10)12(20)21-3/h4-8H,1-3H3,(H3,15,16,17,18,19). The van der Waals surface area contributed by atoms with E-state index in [1.54, 1.807) is 19.1 Å². The molecular weight excluding hydrogens is 270 g/mol. The molecular formula is C14H17N5O2. The quantitative estimate of drug-likeness (QED) is 0.825. The number of nitrogen functional groups attached to an aromatic ring is 1. The van der Waals surface area contributed by atoms with E-state index in [-0.39, 0.29) is 18.0 Å². The van der Waals surface area contributed by atoms with E-state index in [0.717, 1.165) is 5.56 Å². The van der Waals surface area contributed by atoms with E-state index in [2.05, 4.69) is 20.3 Å². The number of nitrogens with one attached hydrogen (secondary N) is 1. The van der Waals surface area contributed by atoms with Gasteiger partial charge in [0.25, 0.3) is 0 Å². The lowest BCUT2D eigenvalue weighted by Gasteiger charge is -2.17. The van der Waals surface area contributed by atoms with E-state index in [1.807, 2.05) is 19.1 Å². The Bertz CT molecular complexity index is 639. The maximum absolute atomic E-state index is 11.8. The van der Waals surface area contributed by atoms with Crippen molar-refractivity contribution in [3.05, 3.63) is 41.2 Å². The third-order valence-electron chi connectivity index (χ3n) is 2.94. The monoisotopic (exact) mass is 287 g/mol. The zero-order chi connectivity index (χ0) is 15.4. The summed E-state index contributed by atoms with van der Waals surface area (Å²) in [5.74, 6) is 0.662. The van der Waals surface area contributed by atoms with Gasteiger partial charge in [0.05, 0.1) is 18.7 Å². The lowest BCUT2D eigenvalue weighted by Crippen LogP contribution is -2.15. The lowest BCUT2D eigenvalue weighted by atomic mass is 10.0. The second-order valence-corrected chi connectivity index (χ2v) is 4.51. The van der Waals surface area contributed by atoms with Gasteiger partial charge in [-0.05, 0) is 25.5 Å². The fraction of sp³-hybridized carbons (Fsp3) is 0.286. The second-order valence-electron chi connectivity index (χ2n) is 4.51. The summed E-state index contributed by atoms with van der Waals surface area (Å²) < 4.78 is 4.79. The Morgan fingerprint density at radius 3 is 2.67 bits per heavy atom. The van der Waals surface area contributed by atoms with Crippen LogP contribution in [0.2, 0.25) is 0 Å². The molecule has 0 aliphatic carbocycles. The third kappa shape index (κ3) is 3.44. The average Bonchev–Trinajstić information content (AvgIpc) is 2.45. The minimum Gasteiger partial charge on any atom is -0.465 e. The van der Waals surface area contributed by atoms with Crippen LogP contribution in [0.1, 0.15) is 34.7 Å². The molecule has 1 unspecified atom stereocenters. The Kier molecular flexibility index (Phi) is 4.32. The zero-order valence-electron chi connectivity index (χ0n) is 12.1. The Morgan fingerprint density at radius 2 is 2.00 bits per heavy atom. The van der Waals surface area contributed by atoms with Crippen LogP contribution in [0.5, 0.6) is 0 Å². The molecule has 7 heteroatoms. The summed E-state index contributed by atoms with van der Waals surface area (Å²) in [5, 5.41) is 3.11. The van der Waals surface area contributed by atoms with Gasteiger partial charge in [-0.3, -0.25) is 0 Å². The average molecular weight is 287 g/mol. The molecule has 7 nitrogen and oxygen atoms in total. The second kappa shape index (κ2) is 6.17. The van der Waals surface area contributed by atoms with E-state index in [4.69, 9.17) is 10.5 Å². The van der Waals surface area contributed by atoms with Crippen molar-refractivity contribution in [2.24, 2.45) is 0 Å². The number of benzene rings is 1. The molecule has 2 aromatic rings. The summed E-state index contributed by atoms with van der Waals surface area (Å²) in [6.07, 6.45) is 0. The molecule has 0 saturated carbocycles. The number of esters is 1. The summed E-state index contributed by atoms with van der Waals surface area (Å²) >= 11 is 0. The predicted molar refractivity (Wildman–Crippen MR) is 78.8 cm³/mol. The van der Waals surface area contributed by atoms with E-state index in [1.165, 1.54) is 7.11 Å². The highest BCUT2D eigenvalue weighted by Gasteiger charge is 2.17. The first kappa shape index (κ1) is 14.7. The first-order valence-corrected chi connectivity index (χ1v) is 6.43. The Labute approximate surface area is 122 Å². The van der Waals surface area contributed by atoms with Crippen molar-refractivity contribution in [3.8, 4) is 0 Å². The zero-order valence-corrected chi connectivity index (χ0v) is 12.1. The fourth-order valence-electron chi connectivity index (χ4n) is 2.01. The molecule has 0 bridgehead atoms. The maximum Gasteiger partial charge on any atom is 0.338 e. The number of hydrogen-bond donors (Lipinski definition) is 2. The van der Waals surface area contributed by atoms with Crippen molar-refractivity contribution in [1.29, 1.82) is 0 Å². The number of rotatable bonds is 4. The molecule has 21 heavy (non-hydrogen) atoms. The predicted octanol–water partition coefficient (Wildman–Crippen LogP) is 1.72. The number of carbonyl (C=O) groups excluding carboxylic acids is 1. The number of carbonyl (C=O) groups is 1. The van der Waals surface area contributed by atoms with Crippen molar-refractivity contribution in [2.45, 2.75) is 19.9 Å². The lowest BCUT2D eigenvalue weighted by molar-refractivity contribution is 0.0599. The molecule has 0 saturated heterocycles. The Morgan fingerprint density at radius 1 is 1.29 bits per heavy atom. The molecule has 1 aromatic carbocycles. The first-order valence-electron chi connectivity index (χ1n) is 6.43. The van der Waals surface area contributed by atoms with Crippen LogP contribution >= 0.6 is 0 Å². The van der Waals surface area contributed by atoms with Gasteiger partial charge in [0.15, 0.2) is 0 Å². The van der Waals surface area contributed by atoms with Crippen molar-refractivity contribution < 1.29 is 9.53 Å². The van der Waals surface area contributed by atoms with Crippen molar-refractivity contribution in [3.63, 3.8) is 0 Å². The van der Waals surface area contributed by atoms with Crippen LogP contribution in [0.3, 0.4) is 0 Å². The number of aryl methyl sites for hydroxylation is 1. The highest BCUT2D eigenvalue weighted by molar-refractivity contribution is 5.91. The third-order valence-corrected chi connectivity index (χ3v) is 2.94. The van der Waals surface area contributed by atoms with Gasteiger partial charge in [-0.25, -0.2) is 4.79 Å². The first-order chi connectivity index (χ1) is 10.0. The number of methoxy groups -OCH3 is 1. The molecule has 0 fully saturated rings. The summed E-state index contributed by atoms with van der Waals surface area (Å²) in [6.45, 7) is 3.63. The van der Waals surface area contributed by atoms with Gasteiger partial charge in [0, 0.05) is 0 Å². The molecule has 1 atom stereocenters. The van der Waals surface area contributed by atoms with Gasteiger partial charge in [-0.2, -0.15) is 15.0 Å². The van der Waals surface area contributed by atoms with Crippen LogP contribution in [0.25, 0.3) is 0 Å². The summed E-state index contributed by atoms with van der Waals surface area (Å²) in [5.41, 5.74) is 6.89. The van der Waals surface area contributed by atoms with Gasteiger partial charge in [-0.1, -0.05) is 18.2 Å². The van der Waals surface area contributed by atoms with Crippen LogP contribution < -0.4 is 11.1 Å². The normalized spacial score (nSPS) is 11.8. The number of ether oxygens (including phenoxy) is 1. The molecule has 0 amide bonds. The van der Waals surface area contributed by atoms with E-state index in [0.29, 0.717) is 17.3 Å². The molecule has 0 spiro atoms. The Balaban J connectivity index is 2.28. The SMILES string of the molecule is COC(=O)c1ccccc1C(C)Nc1nc(C)nc(N)n1. The summed E-state index contributed by atoms with van der Waals surface area (Å²) in [4.78, 5) is 23.9. The molecule has 3 N–H and O–H groups in total. The maximum atomic E-state index is 11.8. The summed E-state index contributed by atoms with van der Waals surface area (Å²) in [6, 6.07) is 7.01. The topological polar surface area (TPSA) is 103 Å². The van der Waals surface area contributed by atoms with Gasteiger partial charge >= 0.3 is 5.97 Å². The van der Waals surface area contributed by atoms with Crippen LogP contribution in [0.4, 0.5) is 11.9 Å². The number of nitrogens with two attached hydrogens (primary N) is 1. The molecule has 2 rings (SSSR count). The number of nitrogens with zero attached hydrogens (tertiary/aromatic N) is 3. The highest BCUT2D eigenvalue weighted by atomic mass is 16.5. The fourth-order valence-corrected chi connectivity index (χ4v) is 2.01. The largest absolute Gasteiger partial charge is 0.465 e. The highest BCUT2D eigenvalue weighted by Crippen LogP contribution is 2.21. The minimum absolute atomic E-state index is 0.151. The van der Waals surface area contributed by atoms with E-state index >= 15 is 0 Å². The van der Waals surface area contributed by atoms with Crippen molar-refractivity contribution in [2.75, 3.05) is 18.2 Å². The summed E-state index contributed by atoms with van der Waals surface area (Å²) in [7, 11) is 1.35. The molecule has 110 valence electrons. The molecule has 0 aliphatic rings. The molecule has 0 radical (unpaired) electrons. The van der Waals surface area contributed by atoms with Gasteiger partial charge in [-0.15, -0.1) is 0 Å². The van der Waals surface area contributed by atoms with Crippen molar-refractivity contribution in [1.82, 2.24) is 15.0 Å². The molecule has 0 aliphatic heterocycles. The van der Waals surface area contributed by atoms with Crippen LogP contribution in [0.15, 0.2) is 24.3 Å². The smallest absolute Gasteiger partial charge is 0.338 e. The number of anilines is 2. The van der Waals surface area contributed by atoms with E-state index < -0.39 is 0 Å². The molecule has 1 heterocycles. The Hall–Kier alpha value is -2.70. The van der Waals surface area contributed by atoms with Gasteiger partial charge in [0.1, 0.15) is 5.82 Å². The number of aromatic nitrogens is 3. The van der Waals surface area contributed by atoms with Crippen molar-refractivity contribution >= 4 is 17.9 Å². The van der Waals surface area contributed by atoms with Gasteiger partial charge in [0.2, 0.25) is 11.9 Å².